The molecule has 0 unspecified atom stereocenters. The standard InChI is InChI=1S/C21H20INO4/c1-26-14-6-7-19-16(12-14)18(24)13-21(27-19)8-10-23(11-9-21)20(25)15-4-2-3-5-17(15)22/h2-7,12H,8-11,13H2,1H3. The van der Waals surface area contributed by atoms with Crippen molar-refractivity contribution in [3.05, 3.63) is 57.2 Å². The number of Topliss-reactive ketones (excluding diaryl/α,β-unsaturated/α-hetero) is 1. The fraction of sp³-hybridized carbons (Fsp3) is 0.333. The third kappa shape index (κ3) is 3.42. The van der Waals surface area contributed by atoms with Crippen LogP contribution in [0, 0.1) is 3.57 Å². The van der Waals surface area contributed by atoms with E-state index in [2.05, 4.69) is 22.6 Å². The van der Waals surface area contributed by atoms with Gasteiger partial charge in [0.1, 0.15) is 17.1 Å². The number of piperidine rings is 1. The molecule has 1 amide bonds. The predicted octanol–water partition coefficient (Wildman–Crippen LogP) is 3.94. The van der Waals surface area contributed by atoms with Gasteiger partial charge >= 0.3 is 0 Å². The zero-order chi connectivity index (χ0) is 19.0. The average molecular weight is 477 g/mol. The highest BCUT2D eigenvalue weighted by atomic mass is 127. The van der Waals surface area contributed by atoms with E-state index in [4.69, 9.17) is 9.47 Å². The number of rotatable bonds is 2. The molecule has 140 valence electrons. The van der Waals surface area contributed by atoms with Crippen molar-refractivity contribution in [3.63, 3.8) is 0 Å². The summed E-state index contributed by atoms with van der Waals surface area (Å²) in [6, 6.07) is 13.0. The lowest BCUT2D eigenvalue weighted by atomic mass is 9.82. The Kier molecular flexibility index (Phi) is 4.84. The molecule has 5 nitrogen and oxygen atoms in total. The van der Waals surface area contributed by atoms with Gasteiger partial charge in [0.2, 0.25) is 0 Å². The topological polar surface area (TPSA) is 55.8 Å². The normalized spacial score (nSPS) is 18.0. The third-order valence-electron chi connectivity index (χ3n) is 5.36. The number of ether oxygens (including phenoxy) is 2. The fourth-order valence-electron chi connectivity index (χ4n) is 3.80. The Morgan fingerprint density at radius 3 is 2.63 bits per heavy atom. The zero-order valence-electron chi connectivity index (χ0n) is 15.0. The van der Waals surface area contributed by atoms with E-state index in [0.717, 1.165) is 9.13 Å². The Balaban J connectivity index is 1.49. The molecular formula is C21H20INO4. The maximum absolute atomic E-state index is 12.8. The van der Waals surface area contributed by atoms with Crippen LogP contribution in [0.15, 0.2) is 42.5 Å². The number of nitrogens with zero attached hydrogens (tertiary/aromatic N) is 1. The fourth-order valence-corrected chi connectivity index (χ4v) is 4.42. The van der Waals surface area contributed by atoms with Gasteiger partial charge in [0, 0.05) is 29.5 Å². The van der Waals surface area contributed by atoms with Gasteiger partial charge in [0.25, 0.3) is 5.91 Å². The molecule has 1 spiro atoms. The highest BCUT2D eigenvalue weighted by Crippen LogP contribution is 2.40. The molecule has 1 fully saturated rings. The summed E-state index contributed by atoms with van der Waals surface area (Å²) in [4.78, 5) is 27.4. The second-order valence-electron chi connectivity index (χ2n) is 7.02. The van der Waals surface area contributed by atoms with Crippen LogP contribution < -0.4 is 9.47 Å². The molecule has 2 aliphatic rings. The van der Waals surface area contributed by atoms with E-state index in [9.17, 15) is 9.59 Å². The second-order valence-corrected chi connectivity index (χ2v) is 8.18. The molecule has 1 saturated heterocycles. The summed E-state index contributed by atoms with van der Waals surface area (Å²) < 4.78 is 12.4. The lowest BCUT2D eigenvalue weighted by Gasteiger charge is -2.44. The second kappa shape index (κ2) is 7.14. The molecule has 27 heavy (non-hydrogen) atoms. The van der Waals surface area contributed by atoms with Crippen LogP contribution in [0.4, 0.5) is 0 Å². The lowest BCUT2D eigenvalue weighted by Crippen LogP contribution is -2.52. The first kappa shape index (κ1) is 18.3. The minimum absolute atomic E-state index is 0.0436. The van der Waals surface area contributed by atoms with Crippen molar-refractivity contribution in [3.8, 4) is 11.5 Å². The molecule has 2 heterocycles. The molecule has 0 aliphatic carbocycles. The first-order chi connectivity index (χ1) is 13.0. The Morgan fingerprint density at radius 2 is 1.93 bits per heavy atom. The van der Waals surface area contributed by atoms with Crippen LogP contribution in [0.2, 0.25) is 0 Å². The van der Waals surface area contributed by atoms with Crippen molar-refractivity contribution in [1.82, 2.24) is 4.90 Å². The number of amides is 1. The van der Waals surface area contributed by atoms with E-state index in [0.29, 0.717) is 49.4 Å². The Morgan fingerprint density at radius 1 is 1.19 bits per heavy atom. The molecule has 0 N–H and O–H groups in total. The van der Waals surface area contributed by atoms with Gasteiger partial charge in [-0.05, 0) is 52.9 Å². The summed E-state index contributed by atoms with van der Waals surface area (Å²) in [5, 5.41) is 0. The number of carbonyl (C=O) groups is 2. The van der Waals surface area contributed by atoms with Gasteiger partial charge < -0.3 is 14.4 Å². The molecule has 2 aromatic rings. The number of likely N-dealkylation sites (tertiary alicyclic amines) is 1. The molecule has 0 aromatic heterocycles. The Bertz CT molecular complexity index is 903. The van der Waals surface area contributed by atoms with E-state index in [-0.39, 0.29) is 11.7 Å². The van der Waals surface area contributed by atoms with Gasteiger partial charge in [-0.2, -0.15) is 0 Å². The monoisotopic (exact) mass is 477 g/mol. The molecule has 2 aromatic carbocycles. The van der Waals surface area contributed by atoms with Gasteiger partial charge in [-0.15, -0.1) is 0 Å². The largest absolute Gasteiger partial charge is 0.497 e. The summed E-state index contributed by atoms with van der Waals surface area (Å²) in [7, 11) is 1.58. The predicted molar refractivity (Wildman–Crippen MR) is 110 cm³/mol. The molecule has 0 bridgehead atoms. The maximum atomic E-state index is 12.8. The van der Waals surface area contributed by atoms with Crippen LogP contribution in [-0.4, -0.2) is 42.4 Å². The number of hydrogen-bond donors (Lipinski definition) is 0. The SMILES string of the molecule is COc1ccc2c(c1)C(=O)CC1(CCN(C(=O)c3ccccc3I)CC1)O2. The zero-order valence-corrected chi connectivity index (χ0v) is 17.2. The molecule has 0 atom stereocenters. The first-order valence-corrected chi connectivity index (χ1v) is 10.0. The summed E-state index contributed by atoms with van der Waals surface area (Å²) >= 11 is 2.19. The summed E-state index contributed by atoms with van der Waals surface area (Å²) in [5.41, 5.74) is 0.795. The van der Waals surface area contributed by atoms with Gasteiger partial charge in [0.05, 0.1) is 24.7 Å². The van der Waals surface area contributed by atoms with Crippen LogP contribution in [0.1, 0.15) is 40.0 Å². The molecule has 0 radical (unpaired) electrons. The van der Waals surface area contributed by atoms with Crippen LogP contribution in [0.5, 0.6) is 11.5 Å². The number of benzene rings is 2. The number of carbonyl (C=O) groups excluding carboxylic acids is 2. The molecule has 4 rings (SSSR count). The van der Waals surface area contributed by atoms with E-state index < -0.39 is 5.60 Å². The number of ketones is 1. The van der Waals surface area contributed by atoms with Crippen molar-refractivity contribution in [2.24, 2.45) is 0 Å². The smallest absolute Gasteiger partial charge is 0.254 e. The van der Waals surface area contributed by atoms with Crippen LogP contribution in [0.25, 0.3) is 0 Å². The Labute approximate surface area is 171 Å². The van der Waals surface area contributed by atoms with Gasteiger partial charge in [-0.1, -0.05) is 12.1 Å². The van der Waals surface area contributed by atoms with Gasteiger partial charge in [-0.25, -0.2) is 0 Å². The summed E-state index contributed by atoms with van der Waals surface area (Å²) in [5.74, 6) is 1.39. The average Bonchev–Trinajstić information content (AvgIpc) is 2.68. The molecule has 6 heteroatoms. The number of hydrogen-bond acceptors (Lipinski definition) is 4. The van der Waals surface area contributed by atoms with E-state index in [1.54, 1.807) is 25.3 Å². The maximum Gasteiger partial charge on any atom is 0.254 e. The van der Waals surface area contributed by atoms with E-state index in [1.807, 2.05) is 29.2 Å². The third-order valence-corrected chi connectivity index (χ3v) is 6.30. The van der Waals surface area contributed by atoms with Crippen LogP contribution >= 0.6 is 22.6 Å². The number of halogens is 1. The van der Waals surface area contributed by atoms with Gasteiger partial charge in [-0.3, -0.25) is 9.59 Å². The molecule has 0 saturated carbocycles. The van der Waals surface area contributed by atoms with Crippen molar-refractivity contribution >= 4 is 34.3 Å². The number of fused-ring (bicyclic) bond motifs is 1. The minimum Gasteiger partial charge on any atom is -0.497 e. The van der Waals surface area contributed by atoms with Gasteiger partial charge in [0.15, 0.2) is 5.78 Å². The number of methoxy groups -OCH3 is 1. The first-order valence-electron chi connectivity index (χ1n) is 8.95. The van der Waals surface area contributed by atoms with Crippen molar-refractivity contribution in [1.29, 1.82) is 0 Å². The quantitative estimate of drug-likeness (QED) is 0.616. The van der Waals surface area contributed by atoms with E-state index >= 15 is 0 Å². The highest BCUT2D eigenvalue weighted by Gasteiger charge is 2.43. The summed E-state index contributed by atoms with van der Waals surface area (Å²) in [6.45, 7) is 1.17. The Hall–Kier alpha value is -2.09. The van der Waals surface area contributed by atoms with Crippen molar-refractivity contribution < 1.29 is 19.1 Å². The van der Waals surface area contributed by atoms with Crippen LogP contribution in [0.3, 0.4) is 0 Å². The van der Waals surface area contributed by atoms with Crippen molar-refractivity contribution in [2.75, 3.05) is 20.2 Å². The lowest BCUT2D eigenvalue weighted by molar-refractivity contribution is -0.00579. The highest BCUT2D eigenvalue weighted by molar-refractivity contribution is 14.1. The van der Waals surface area contributed by atoms with E-state index in [1.165, 1.54) is 0 Å². The molecule has 2 aliphatic heterocycles. The minimum atomic E-state index is -0.515. The van der Waals surface area contributed by atoms with Crippen molar-refractivity contribution in [2.45, 2.75) is 24.9 Å². The summed E-state index contributed by atoms with van der Waals surface area (Å²) in [6.07, 6.45) is 1.65. The van der Waals surface area contributed by atoms with Crippen LogP contribution in [-0.2, 0) is 0 Å². The molecular weight excluding hydrogens is 457 g/mol.